The van der Waals surface area contributed by atoms with Gasteiger partial charge in [0.15, 0.2) is 18.1 Å². The van der Waals surface area contributed by atoms with Crippen LogP contribution in [-0.2, 0) is 11.3 Å². The van der Waals surface area contributed by atoms with E-state index in [2.05, 4.69) is 15.0 Å². The van der Waals surface area contributed by atoms with Crippen molar-refractivity contribution in [3.8, 4) is 22.2 Å². The number of nitrogens with zero attached hydrogens (tertiary/aromatic N) is 4. The highest BCUT2D eigenvalue weighted by atomic mass is 32.1. The van der Waals surface area contributed by atoms with Crippen LogP contribution in [0.4, 0.5) is 0 Å². The highest BCUT2D eigenvalue weighted by Crippen LogP contribution is 2.27. The molecule has 1 aromatic carbocycles. The van der Waals surface area contributed by atoms with Crippen LogP contribution in [0.25, 0.3) is 10.7 Å². The smallest absolute Gasteiger partial charge is 0.260 e. The molecule has 0 unspecified atom stereocenters. The zero-order valence-corrected chi connectivity index (χ0v) is 17.9. The molecule has 1 amide bonds. The van der Waals surface area contributed by atoms with Crippen LogP contribution in [0.1, 0.15) is 11.5 Å². The van der Waals surface area contributed by atoms with Crippen LogP contribution >= 0.6 is 11.3 Å². The Hall–Kier alpha value is -2.91. The zero-order valence-electron chi connectivity index (χ0n) is 17.0. The van der Waals surface area contributed by atoms with Crippen LogP contribution in [0.3, 0.4) is 0 Å². The minimum absolute atomic E-state index is 0.00669. The molecular formula is C21H24N4O4S. The average Bonchev–Trinajstić information content (AvgIpc) is 3.45. The molecule has 1 saturated heterocycles. The number of rotatable bonds is 7. The monoisotopic (exact) mass is 428 g/mol. The SMILES string of the molecule is COc1cc(C)ccc1OCC(=O)N1CCN(Cc2nc(-c3cccs3)no2)CC1. The van der Waals surface area contributed by atoms with Gasteiger partial charge in [-0.05, 0) is 36.1 Å². The van der Waals surface area contributed by atoms with Gasteiger partial charge < -0.3 is 18.9 Å². The van der Waals surface area contributed by atoms with Gasteiger partial charge in [0.05, 0.1) is 18.5 Å². The van der Waals surface area contributed by atoms with Gasteiger partial charge >= 0.3 is 0 Å². The minimum atomic E-state index is -0.0324. The summed E-state index contributed by atoms with van der Waals surface area (Å²) in [4.78, 5) is 22.0. The van der Waals surface area contributed by atoms with Gasteiger partial charge in [-0.1, -0.05) is 17.3 Å². The van der Waals surface area contributed by atoms with Crippen LogP contribution in [0.5, 0.6) is 11.5 Å². The number of amides is 1. The number of aromatic nitrogens is 2. The maximum absolute atomic E-state index is 12.5. The van der Waals surface area contributed by atoms with E-state index >= 15 is 0 Å². The van der Waals surface area contributed by atoms with Crippen LogP contribution in [0.15, 0.2) is 40.2 Å². The summed E-state index contributed by atoms with van der Waals surface area (Å²) >= 11 is 1.58. The maximum Gasteiger partial charge on any atom is 0.260 e. The molecule has 4 rings (SSSR count). The first-order valence-corrected chi connectivity index (χ1v) is 10.6. The molecule has 0 atom stereocenters. The summed E-state index contributed by atoms with van der Waals surface area (Å²) in [5.74, 6) is 2.39. The Kier molecular flexibility index (Phi) is 6.29. The number of methoxy groups -OCH3 is 1. The highest BCUT2D eigenvalue weighted by molar-refractivity contribution is 7.13. The largest absolute Gasteiger partial charge is 0.493 e. The second-order valence-electron chi connectivity index (χ2n) is 7.09. The summed E-state index contributed by atoms with van der Waals surface area (Å²) in [5, 5.41) is 6.03. The standard InChI is InChI=1S/C21H24N4O4S/c1-15-5-6-16(17(12-15)27-2)28-14-20(26)25-9-7-24(8-10-25)13-19-22-21(23-29-19)18-4-3-11-30-18/h3-6,11-12H,7-10,13-14H2,1-2H3. The number of carbonyl (C=O) groups is 1. The van der Waals surface area contributed by atoms with Gasteiger partial charge in [0, 0.05) is 26.2 Å². The number of benzene rings is 1. The minimum Gasteiger partial charge on any atom is -0.493 e. The molecule has 0 radical (unpaired) electrons. The van der Waals surface area contributed by atoms with Crippen molar-refractivity contribution in [1.29, 1.82) is 0 Å². The van der Waals surface area contributed by atoms with E-state index in [9.17, 15) is 4.79 Å². The molecule has 9 heteroatoms. The Morgan fingerprint density at radius 1 is 1.20 bits per heavy atom. The summed E-state index contributed by atoms with van der Waals surface area (Å²) < 4.78 is 16.4. The van der Waals surface area contributed by atoms with Gasteiger partial charge in [-0.2, -0.15) is 4.98 Å². The summed E-state index contributed by atoms with van der Waals surface area (Å²) in [6.07, 6.45) is 0. The van der Waals surface area contributed by atoms with Crippen molar-refractivity contribution in [3.05, 3.63) is 47.2 Å². The Balaban J connectivity index is 1.25. The Bertz CT molecular complexity index is 981. The van der Waals surface area contributed by atoms with Crippen molar-refractivity contribution in [2.45, 2.75) is 13.5 Å². The fourth-order valence-electron chi connectivity index (χ4n) is 3.30. The summed E-state index contributed by atoms with van der Waals surface area (Å²) in [7, 11) is 1.59. The van der Waals surface area contributed by atoms with E-state index in [0.717, 1.165) is 23.5 Å². The first-order valence-electron chi connectivity index (χ1n) is 9.76. The van der Waals surface area contributed by atoms with E-state index in [1.165, 1.54) is 0 Å². The molecule has 0 bridgehead atoms. The van der Waals surface area contributed by atoms with Gasteiger partial charge in [0.25, 0.3) is 5.91 Å². The number of hydrogen-bond acceptors (Lipinski definition) is 8. The maximum atomic E-state index is 12.5. The van der Waals surface area contributed by atoms with Crippen molar-refractivity contribution in [2.24, 2.45) is 0 Å². The van der Waals surface area contributed by atoms with Crippen molar-refractivity contribution in [1.82, 2.24) is 19.9 Å². The third-order valence-corrected chi connectivity index (χ3v) is 5.83. The molecule has 0 aliphatic carbocycles. The first-order chi connectivity index (χ1) is 14.6. The molecule has 158 valence electrons. The quantitative estimate of drug-likeness (QED) is 0.572. The van der Waals surface area contributed by atoms with E-state index in [4.69, 9.17) is 14.0 Å². The van der Waals surface area contributed by atoms with Crippen molar-refractivity contribution >= 4 is 17.2 Å². The molecule has 2 aromatic heterocycles. The molecule has 1 fully saturated rings. The summed E-state index contributed by atoms with van der Waals surface area (Å²) in [5.41, 5.74) is 1.07. The second-order valence-corrected chi connectivity index (χ2v) is 8.04. The van der Waals surface area contributed by atoms with E-state index in [1.807, 2.05) is 47.5 Å². The summed E-state index contributed by atoms with van der Waals surface area (Å²) in [6, 6.07) is 9.58. The third-order valence-electron chi connectivity index (χ3n) is 4.96. The van der Waals surface area contributed by atoms with Crippen molar-refractivity contribution in [2.75, 3.05) is 39.9 Å². The molecule has 1 aliphatic rings. The van der Waals surface area contributed by atoms with Crippen LogP contribution in [0.2, 0.25) is 0 Å². The fraction of sp³-hybridized carbons (Fsp3) is 0.381. The molecular weight excluding hydrogens is 404 g/mol. The lowest BCUT2D eigenvalue weighted by Crippen LogP contribution is -2.49. The van der Waals surface area contributed by atoms with E-state index in [0.29, 0.717) is 42.8 Å². The van der Waals surface area contributed by atoms with Gasteiger partial charge in [-0.25, -0.2) is 0 Å². The van der Waals surface area contributed by atoms with Crippen LogP contribution in [0, 0.1) is 6.92 Å². The molecule has 30 heavy (non-hydrogen) atoms. The predicted octanol–water partition coefficient (Wildman–Crippen LogP) is 2.84. The number of piperazine rings is 1. The Morgan fingerprint density at radius 2 is 2.03 bits per heavy atom. The molecule has 0 saturated carbocycles. The molecule has 0 N–H and O–H groups in total. The topological polar surface area (TPSA) is 80.9 Å². The van der Waals surface area contributed by atoms with Gasteiger partial charge in [-0.15, -0.1) is 11.3 Å². The fourth-order valence-corrected chi connectivity index (χ4v) is 3.95. The molecule has 8 nitrogen and oxygen atoms in total. The average molecular weight is 429 g/mol. The molecule has 0 spiro atoms. The van der Waals surface area contributed by atoms with E-state index in [-0.39, 0.29) is 12.5 Å². The van der Waals surface area contributed by atoms with Crippen molar-refractivity contribution < 1.29 is 18.8 Å². The zero-order chi connectivity index (χ0) is 20.9. The highest BCUT2D eigenvalue weighted by Gasteiger charge is 2.23. The summed E-state index contributed by atoms with van der Waals surface area (Å²) in [6.45, 7) is 5.32. The van der Waals surface area contributed by atoms with Crippen LogP contribution < -0.4 is 9.47 Å². The number of ether oxygens (including phenoxy) is 2. The lowest BCUT2D eigenvalue weighted by atomic mass is 10.2. The molecule has 3 heterocycles. The second kappa shape index (κ2) is 9.27. The lowest BCUT2D eigenvalue weighted by molar-refractivity contribution is -0.135. The van der Waals surface area contributed by atoms with Gasteiger partial charge in [0.2, 0.25) is 11.7 Å². The van der Waals surface area contributed by atoms with Crippen LogP contribution in [-0.4, -0.2) is 65.7 Å². The normalized spacial score (nSPS) is 14.7. The number of hydrogen-bond donors (Lipinski definition) is 0. The van der Waals surface area contributed by atoms with E-state index in [1.54, 1.807) is 18.4 Å². The first kappa shape index (κ1) is 20.4. The molecule has 3 aromatic rings. The lowest BCUT2D eigenvalue weighted by Gasteiger charge is -2.33. The number of thiophene rings is 1. The van der Waals surface area contributed by atoms with E-state index < -0.39 is 0 Å². The number of aryl methyl sites for hydroxylation is 1. The third kappa shape index (κ3) is 4.80. The number of carbonyl (C=O) groups excluding carboxylic acids is 1. The van der Waals surface area contributed by atoms with Crippen molar-refractivity contribution in [3.63, 3.8) is 0 Å². The molecule has 1 aliphatic heterocycles. The Labute approximate surface area is 179 Å². The predicted molar refractivity (Wildman–Crippen MR) is 113 cm³/mol. The van der Waals surface area contributed by atoms with Gasteiger partial charge in [0.1, 0.15) is 0 Å². The Morgan fingerprint density at radius 3 is 2.77 bits per heavy atom. The van der Waals surface area contributed by atoms with Gasteiger partial charge in [-0.3, -0.25) is 9.69 Å².